The highest BCUT2D eigenvalue weighted by Gasteiger charge is 2.13. The minimum absolute atomic E-state index is 0. The third-order valence-corrected chi connectivity index (χ3v) is 4.22. The molecule has 0 aliphatic carbocycles. The van der Waals surface area contributed by atoms with Crippen molar-refractivity contribution in [2.45, 2.75) is 47.7 Å². The lowest BCUT2D eigenvalue weighted by molar-refractivity contribution is 0.292. The van der Waals surface area contributed by atoms with Crippen molar-refractivity contribution in [3.63, 3.8) is 0 Å². The van der Waals surface area contributed by atoms with E-state index in [0.717, 1.165) is 29.9 Å². The summed E-state index contributed by atoms with van der Waals surface area (Å²) in [5, 5.41) is 4.62. The Bertz CT molecular complexity index is 719. The quantitative estimate of drug-likeness (QED) is 0.742. The lowest BCUT2D eigenvalue weighted by Gasteiger charge is -2.19. The van der Waals surface area contributed by atoms with Crippen LogP contribution in [0, 0.1) is 12.8 Å². The summed E-state index contributed by atoms with van der Waals surface area (Å²) in [6.07, 6.45) is 0. The average molecular weight is 364 g/mol. The van der Waals surface area contributed by atoms with E-state index in [1.807, 2.05) is 6.07 Å². The van der Waals surface area contributed by atoms with Crippen molar-refractivity contribution in [1.82, 2.24) is 14.7 Å². The second-order valence-electron chi connectivity index (χ2n) is 6.76. The maximum atomic E-state index is 12.8. The Morgan fingerprint density at radius 3 is 2.24 bits per heavy atom. The zero-order valence-corrected chi connectivity index (χ0v) is 16.8. The fourth-order valence-electron chi connectivity index (χ4n) is 2.73. The molecule has 1 aromatic carbocycles. The van der Waals surface area contributed by atoms with Gasteiger partial charge in [-0.2, -0.15) is 5.10 Å². The zero-order chi connectivity index (χ0) is 17.7. The van der Waals surface area contributed by atoms with Gasteiger partial charge in [0.1, 0.15) is 0 Å². The molecule has 0 bridgehead atoms. The number of hydrogen-bond acceptors (Lipinski definition) is 3. The van der Waals surface area contributed by atoms with E-state index in [9.17, 15) is 4.79 Å². The fraction of sp³-hybridized carbons (Fsp3) is 0.500. The molecule has 0 amide bonds. The summed E-state index contributed by atoms with van der Waals surface area (Å²) in [6.45, 7) is 13.7. The van der Waals surface area contributed by atoms with E-state index in [2.05, 4.69) is 68.9 Å². The van der Waals surface area contributed by atoms with Crippen molar-refractivity contribution in [1.29, 1.82) is 0 Å². The molecule has 0 atom stereocenters. The number of rotatable bonds is 7. The molecule has 1 heterocycles. The first-order valence-electron chi connectivity index (χ1n) is 8.85. The van der Waals surface area contributed by atoms with Crippen LogP contribution in [0.4, 0.5) is 0 Å². The summed E-state index contributed by atoms with van der Waals surface area (Å²) in [5.74, 6) is 0.379. The van der Waals surface area contributed by atoms with Gasteiger partial charge in [0.15, 0.2) is 0 Å². The van der Waals surface area contributed by atoms with E-state index in [0.29, 0.717) is 19.0 Å². The minimum Gasteiger partial charge on any atom is -0.299 e. The molecule has 0 saturated carbocycles. The Kier molecular flexibility index (Phi) is 8.33. The lowest BCUT2D eigenvalue weighted by Crippen LogP contribution is -2.32. The van der Waals surface area contributed by atoms with Gasteiger partial charge in [-0.05, 0) is 32.0 Å². The Balaban J connectivity index is 0.00000312. The smallest absolute Gasteiger partial charge is 0.271 e. The van der Waals surface area contributed by atoms with E-state index in [1.165, 1.54) is 5.56 Å². The number of halogens is 1. The number of aryl methyl sites for hydroxylation is 1. The van der Waals surface area contributed by atoms with Crippen LogP contribution >= 0.6 is 12.4 Å². The molecule has 2 rings (SSSR count). The van der Waals surface area contributed by atoms with Crippen LogP contribution in [0.2, 0.25) is 0 Å². The molecular weight excluding hydrogens is 334 g/mol. The monoisotopic (exact) mass is 363 g/mol. The topological polar surface area (TPSA) is 38.1 Å². The van der Waals surface area contributed by atoms with Crippen molar-refractivity contribution in [2.75, 3.05) is 13.1 Å². The molecule has 0 unspecified atom stereocenters. The summed E-state index contributed by atoms with van der Waals surface area (Å²) >= 11 is 0. The molecule has 5 heteroatoms. The van der Waals surface area contributed by atoms with Gasteiger partial charge in [-0.3, -0.25) is 9.69 Å². The van der Waals surface area contributed by atoms with Gasteiger partial charge >= 0.3 is 0 Å². The van der Waals surface area contributed by atoms with E-state index in [1.54, 1.807) is 4.68 Å². The normalized spacial score (nSPS) is 11.0. The highest BCUT2D eigenvalue weighted by molar-refractivity contribution is 5.85. The van der Waals surface area contributed by atoms with Gasteiger partial charge in [-0.1, -0.05) is 57.5 Å². The third-order valence-electron chi connectivity index (χ3n) is 4.22. The fourth-order valence-corrected chi connectivity index (χ4v) is 2.73. The number of benzene rings is 1. The molecule has 0 saturated heterocycles. The summed E-state index contributed by atoms with van der Waals surface area (Å²) in [5.41, 5.74) is 4.00. The van der Waals surface area contributed by atoms with E-state index in [-0.39, 0.29) is 18.0 Å². The van der Waals surface area contributed by atoms with Crippen LogP contribution in [0.3, 0.4) is 0 Å². The second-order valence-corrected chi connectivity index (χ2v) is 6.76. The Hall–Kier alpha value is -1.65. The highest BCUT2D eigenvalue weighted by Crippen LogP contribution is 2.18. The largest absolute Gasteiger partial charge is 0.299 e. The van der Waals surface area contributed by atoms with Gasteiger partial charge in [0.2, 0.25) is 0 Å². The maximum absolute atomic E-state index is 12.8. The lowest BCUT2D eigenvalue weighted by atomic mass is 10.1. The van der Waals surface area contributed by atoms with E-state index in [4.69, 9.17) is 0 Å². The van der Waals surface area contributed by atoms with E-state index >= 15 is 0 Å². The van der Waals surface area contributed by atoms with Crippen molar-refractivity contribution in [3.8, 4) is 11.3 Å². The summed E-state index contributed by atoms with van der Waals surface area (Å²) in [4.78, 5) is 15.0. The number of hydrogen-bond donors (Lipinski definition) is 0. The molecule has 2 aromatic rings. The zero-order valence-electron chi connectivity index (χ0n) is 16.0. The number of nitrogens with zero attached hydrogens (tertiary/aromatic N) is 3. The highest BCUT2D eigenvalue weighted by atomic mass is 35.5. The molecule has 0 N–H and O–H groups in total. The number of aromatic nitrogens is 2. The standard InChI is InChI=1S/C20H29N3O.ClH/c1-6-22(7-2)14-18-12-19(17-10-8-16(5)9-11-17)21-23(20(18)24)13-15(3)4;/h8-12,15H,6-7,13-14H2,1-5H3;1H. The molecule has 0 aliphatic heterocycles. The maximum Gasteiger partial charge on any atom is 0.271 e. The predicted molar refractivity (Wildman–Crippen MR) is 107 cm³/mol. The van der Waals surface area contributed by atoms with Crippen LogP contribution in [0.1, 0.15) is 38.8 Å². The molecule has 0 radical (unpaired) electrons. The van der Waals surface area contributed by atoms with Gasteiger partial charge < -0.3 is 0 Å². The summed E-state index contributed by atoms with van der Waals surface area (Å²) in [7, 11) is 0. The molecule has 0 aliphatic rings. The molecule has 1 aromatic heterocycles. The van der Waals surface area contributed by atoms with Gasteiger partial charge in [0.05, 0.1) is 5.69 Å². The Labute approximate surface area is 157 Å². The Morgan fingerprint density at radius 2 is 1.72 bits per heavy atom. The molecule has 0 fully saturated rings. The van der Waals surface area contributed by atoms with Crippen LogP contribution in [-0.2, 0) is 13.1 Å². The van der Waals surface area contributed by atoms with Crippen molar-refractivity contribution in [2.24, 2.45) is 5.92 Å². The van der Waals surface area contributed by atoms with E-state index < -0.39 is 0 Å². The van der Waals surface area contributed by atoms with Crippen LogP contribution in [0.15, 0.2) is 35.1 Å². The first kappa shape index (κ1) is 21.4. The Morgan fingerprint density at radius 1 is 1.12 bits per heavy atom. The van der Waals surface area contributed by atoms with Crippen molar-refractivity contribution < 1.29 is 0 Å². The van der Waals surface area contributed by atoms with Crippen LogP contribution in [-0.4, -0.2) is 27.8 Å². The van der Waals surface area contributed by atoms with Crippen LogP contribution in [0.25, 0.3) is 11.3 Å². The molecular formula is C20H30ClN3O. The minimum atomic E-state index is 0. The first-order valence-corrected chi connectivity index (χ1v) is 8.85. The SMILES string of the molecule is CCN(CC)Cc1cc(-c2ccc(C)cc2)nn(CC(C)C)c1=O.Cl. The van der Waals surface area contributed by atoms with Crippen molar-refractivity contribution in [3.05, 3.63) is 51.8 Å². The molecule has 4 nitrogen and oxygen atoms in total. The van der Waals surface area contributed by atoms with Gasteiger partial charge in [-0.25, -0.2) is 4.68 Å². The van der Waals surface area contributed by atoms with Crippen molar-refractivity contribution >= 4 is 12.4 Å². The van der Waals surface area contributed by atoms with Gasteiger partial charge in [-0.15, -0.1) is 12.4 Å². The summed E-state index contributed by atoms with van der Waals surface area (Å²) < 4.78 is 1.64. The van der Waals surface area contributed by atoms with Gasteiger partial charge in [0, 0.05) is 24.2 Å². The van der Waals surface area contributed by atoms with Gasteiger partial charge in [0.25, 0.3) is 5.56 Å². The molecule has 138 valence electrons. The van der Waals surface area contributed by atoms with Crippen LogP contribution in [0.5, 0.6) is 0 Å². The van der Waals surface area contributed by atoms with Crippen LogP contribution < -0.4 is 5.56 Å². The molecule has 25 heavy (non-hydrogen) atoms. The first-order chi connectivity index (χ1) is 11.4. The second kappa shape index (κ2) is 9.73. The summed E-state index contributed by atoms with van der Waals surface area (Å²) in [6, 6.07) is 10.3. The third kappa shape index (κ3) is 5.68. The predicted octanol–water partition coefficient (Wildman–Crippen LogP) is 4.14. The molecule has 0 spiro atoms. The average Bonchev–Trinajstić information content (AvgIpc) is 2.56.